The molecule has 0 atom stereocenters. The van der Waals surface area contributed by atoms with Gasteiger partial charge in [-0.2, -0.15) is 0 Å². The first kappa shape index (κ1) is 22.2. The van der Waals surface area contributed by atoms with Crippen LogP contribution in [0.1, 0.15) is 47.2 Å². The first-order valence-electron chi connectivity index (χ1n) is 11.2. The first-order chi connectivity index (χ1) is 16.1. The lowest BCUT2D eigenvalue weighted by Crippen LogP contribution is -2.12. The Morgan fingerprint density at radius 3 is 2.39 bits per heavy atom. The lowest BCUT2D eigenvalue weighted by atomic mass is 9.93. The van der Waals surface area contributed by atoms with Crippen molar-refractivity contribution in [3.63, 3.8) is 0 Å². The number of aromatic nitrogens is 2. The van der Waals surface area contributed by atoms with Crippen molar-refractivity contribution in [3.8, 4) is 22.3 Å². The van der Waals surface area contributed by atoms with Gasteiger partial charge in [-0.1, -0.05) is 80.1 Å². The third-order valence-electron chi connectivity index (χ3n) is 5.87. The van der Waals surface area contributed by atoms with Gasteiger partial charge >= 0.3 is 0 Å². The lowest BCUT2D eigenvalue weighted by Gasteiger charge is -2.13. The summed E-state index contributed by atoms with van der Waals surface area (Å²) < 4.78 is 1.99. The number of benzene rings is 3. The number of amidine groups is 1. The van der Waals surface area contributed by atoms with Gasteiger partial charge in [0.05, 0.1) is 6.20 Å². The number of rotatable bonds is 9. The summed E-state index contributed by atoms with van der Waals surface area (Å²) in [5.41, 5.74) is 12.4. The van der Waals surface area contributed by atoms with Gasteiger partial charge in [-0.3, -0.25) is 10.2 Å². The topological polar surface area (TPSA) is 84.8 Å². The maximum absolute atomic E-state index is 11.5. The number of nitrogens with two attached hydrogens (primary N) is 1. The number of carbonyl (C=O) groups is 1. The summed E-state index contributed by atoms with van der Waals surface area (Å²) in [6.07, 6.45) is 5.50. The minimum absolute atomic E-state index is 0.0447. The summed E-state index contributed by atoms with van der Waals surface area (Å²) in [5.74, 6) is 0.987. The number of imidazole rings is 1. The molecular weight excluding hydrogens is 408 g/mol. The molecule has 0 saturated heterocycles. The summed E-state index contributed by atoms with van der Waals surface area (Å²) in [6, 6.07) is 24.4. The van der Waals surface area contributed by atoms with Crippen LogP contribution < -0.4 is 5.73 Å². The molecular formula is C28H28N4O. The fourth-order valence-corrected chi connectivity index (χ4v) is 4.04. The number of aryl methyl sites for hydroxylation is 1. The molecule has 33 heavy (non-hydrogen) atoms. The largest absolute Gasteiger partial charge is 0.384 e. The summed E-state index contributed by atoms with van der Waals surface area (Å²) >= 11 is 0. The van der Waals surface area contributed by atoms with Crippen LogP contribution in [0.25, 0.3) is 22.3 Å². The van der Waals surface area contributed by atoms with E-state index in [1.165, 1.54) is 0 Å². The summed E-state index contributed by atoms with van der Waals surface area (Å²) in [5, 5.41) is 8.03. The van der Waals surface area contributed by atoms with Crippen LogP contribution in [0.2, 0.25) is 0 Å². The minimum Gasteiger partial charge on any atom is -0.384 e. The van der Waals surface area contributed by atoms with Crippen molar-refractivity contribution in [2.24, 2.45) is 5.73 Å². The van der Waals surface area contributed by atoms with Crippen LogP contribution in [-0.4, -0.2) is 21.7 Å². The standard InChI is InChI=1S/C28H28N4O/c1-2-3-9-27-31-17-24(19-33)32(27)18-20-10-12-22(13-11-20)26-16-23(14-15-25(26)28(29)30)21-7-5-4-6-8-21/h4-8,10-17,19H,2-3,9,18H2,1H3,(H3,29,30). The Hall–Kier alpha value is -3.99. The molecule has 0 amide bonds. The lowest BCUT2D eigenvalue weighted by molar-refractivity contribution is 0.111. The van der Waals surface area contributed by atoms with Crippen LogP contribution in [0.15, 0.2) is 79.0 Å². The van der Waals surface area contributed by atoms with Crippen molar-refractivity contribution in [1.82, 2.24) is 9.55 Å². The molecule has 5 nitrogen and oxygen atoms in total. The predicted molar refractivity (Wildman–Crippen MR) is 134 cm³/mol. The van der Waals surface area contributed by atoms with Crippen molar-refractivity contribution in [2.45, 2.75) is 32.7 Å². The van der Waals surface area contributed by atoms with Gasteiger partial charge in [0.2, 0.25) is 0 Å². The van der Waals surface area contributed by atoms with Crippen molar-refractivity contribution in [3.05, 3.63) is 102 Å². The molecule has 0 fully saturated rings. The summed E-state index contributed by atoms with van der Waals surface area (Å²) in [4.78, 5) is 16.0. The van der Waals surface area contributed by atoms with E-state index >= 15 is 0 Å². The van der Waals surface area contributed by atoms with Crippen LogP contribution in [0, 0.1) is 5.41 Å². The highest BCUT2D eigenvalue weighted by Gasteiger charge is 2.12. The van der Waals surface area contributed by atoms with Gasteiger partial charge in [0.15, 0.2) is 6.29 Å². The normalized spacial score (nSPS) is 10.8. The Kier molecular flexibility index (Phi) is 6.79. The van der Waals surface area contributed by atoms with E-state index in [0.717, 1.165) is 59.2 Å². The molecule has 166 valence electrons. The van der Waals surface area contributed by atoms with E-state index < -0.39 is 0 Å². The van der Waals surface area contributed by atoms with Crippen LogP contribution in [0.4, 0.5) is 0 Å². The molecule has 0 spiro atoms. The molecule has 5 heteroatoms. The second-order valence-corrected chi connectivity index (χ2v) is 8.14. The second kappa shape index (κ2) is 10.1. The number of nitrogens with zero attached hydrogens (tertiary/aromatic N) is 2. The predicted octanol–water partition coefficient (Wildman–Crippen LogP) is 5.70. The van der Waals surface area contributed by atoms with Crippen molar-refractivity contribution in [2.75, 3.05) is 0 Å². The average molecular weight is 437 g/mol. The zero-order chi connectivity index (χ0) is 23.2. The molecule has 1 aromatic heterocycles. The molecule has 0 aliphatic heterocycles. The van der Waals surface area contributed by atoms with E-state index in [0.29, 0.717) is 17.8 Å². The van der Waals surface area contributed by atoms with Crippen molar-refractivity contribution >= 4 is 12.1 Å². The fourth-order valence-electron chi connectivity index (χ4n) is 4.04. The van der Waals surface area contributed by atoms with E-state index in [9.17, 15) is 4.79 Å². The van der Waals surface area contributed by atoms with Gasteiger partial charge in [-0.15, -0.1) is 0 Å². The SMILES string of the molecule is CCCCc1ncc(C=O)n1Cc1ccc(-c2cc(-c3ccccc3)ccc2C(=N)N)cc1. The number of hydrogen-bond donors (Lipinski definition) is 2. The molecule has 0 saturated carbocycles. The third-order valence-corrected chi connectivity index (χ3v) is 5.87. The van der Waals surface area contributed by atoms with Crippen molar-refractivity contribution < 1.29 is 4.79 Å². The van der Waals surface area contributed by atoms with E-state index in [2.05, 4.69) is 54.4 Å². The maximum Gasteiger partial charge on any atom is 0.168 e. The number of hydrogen-bond acceptors (Lipinski definition) is 3. The highest BCUT2D eigenvalue weighted by atomic mass is 16.1. The smallest absolute Gasteiger partial charge is 0.168 e. The van der Waals surface area contributed by atoms with Crippen LogP contribution >= 0.6 is 0 Å². The summed E-state index contributed by atoms with van der Waals surface area (Å²) in [7, 11) is 0. The third kappa shape index (κ3) is 4.93. The Morgan fingerprint density at radius 2 is 1.73 bits per heavy atom. The minimum atomic E-state index is 0.0447. The van der Waals surface area contributed by atoms with E-state index in [4.69, 9.17) is 11.1 Å². The average Bonchev–Trinajstić information content (AvgIpc) is 3.24. The Balaban J connectivity index is 1.66. The number of unbranched alkanes of at least 4 members (excludes halogenated alkanes) is 1. The quantitative estimate of drug-likeness (QED) is 0.200. The van der Waals surface area contributed by atoms with Crippen LogP contribution in [-0.2, 0) is 13.0 Å². The molecule has 0 aliphatic carbocycles. The number of nitrogens with one attached hydrogen (secondary N) is 1. The van der Waals surface area contributed by atoms with Gasteiger partial charge in [-0.25, -0.2) is 4.98 Å². The fraction of sp³-hybridized carbons (Fsp3) is 0.179. The first-order valence-corrected chi connectivity index (χ1v) is 11.2. The van der Waals surface area contributed by atoms with Gasteiger partial charge in [-0.05, 0) is 40.3 Å². The van der Waals surface area contributed by atoms with Gasteiger partial charge in [0, 0.05) is 18.5 Å². The molecule has 0 unspecified atom stereocenters. The maximum atomic E-state index is 11.5. The highest BCUT2D eigenvalue weighted by molar-refractivity contribution is 6.02. The molecule has 0 bridgehead atoms. The Labute approximate surface area is 194 Å². The van der Waals surface area contributed by atoms with E-state index in [1.807, 2.05) is 34.9 Å². The van der Waals surface area contributed by atoms with E-state index in [1.54, 1.807) is 6.20 Å². The molecule has 1 heterocycles. The van der Waals surface area contributed by atoms with Gasteiger partial charge < -0.3 is 10.3 Å². The molecule has 4 aromatic rings. The summed E-state index contributed by atoms with van der Waals surface area (Å²) in [6.45, 7) is 2.74. The monoisotopic (exact) mass is 436 g/mol. The van der Waals surface area contributed by atoms with Gasteiger partial charge in [0.1, 0.15) is 17.4 Å². The van der Waals surface area contributed by atoms with Crippen molar-refractivity contribution in [1.29, 1.82) is 5.41 Å². The molecule has 3 aromatic carbocycles. The second-order valence-electron chi connectivity index (χ2n) is 8.14. The number of carbonyl (C=O) groups excluding carboxylic acids is 1. The van der Waals surface area contributed by atoms with Gasteiger partial charge in [0.25, 0.3) is 0 Å². The van der Waals surface area contributed by atoms with Crippen LogP contribution in [0.3, 0.4) is 0 Å². The number of aldehydes is 1. The van der Waals surface area contributed by atoms with E-state index in [-0.39, 0.29) is 5.84 Å². The Bertz CT molecular complexity index is 1260. The molecule has 3 N–H and O–H groups in total. The molecule has 4 rings (SSSR count). The molecule has 0 aliphatic rings. The zero-order valence-corrected chi connectivity index (χ0v) is 18.8. The Morgan fingerprint density at radius 1 is 1.00 bits per heavy atom. The number of nitrogen functional groups attached to an aromatic ring is 1. The molecule has 0 radical (unpaired) electrons. The van der Waals surface area contributed by atoms with Crippen LogP contribution in [0.5, 0.6) is 0 Å². The zero-order valence-electron chi connectivity index (χ0n) is 18.8. The highest BCUT2D eigenvalue weighted by Crippen LogP contribution is 2.30.